The van der Waals surface area contributed by atoms with Gasteiger partial charge in [-0.15, -0.1) is 0 Å². The Balaban J connectivity index is 1.52. The minimum Gasteiger partial charge on any atom is -0.342 e. The molecule has 1 fully saturated rings. The average Bonchev–Trinajstić information content (AvgIpc) is 3.08. The van der Waals surface area contributed by atoms with Gasteiger partial charge in [0.05, 0.1) is 6.04 Å². The molecule has 1 aliphatic heterocycles. The van der Waals surface area contributed by atoms with Crippen molar-refractivity contribution in [3.05, 3.63) is 36.7 Å². The third-order valence-electron chi connectivity index (χ3n) is 3.38. The minimum atomic E-state index is -0.446. The normalized spacial score (nSPS) is 30.0. The lowest BCUT2D eigenvalue weighted by Crippen LogP contribution is -2.44. The van der Waals surface area contributed by atoms with Crippen LogP contribution in [0.4, 0.5) is 0 Å². The van der Waals surface area contributed by atoms with Crippen molar-refractivity contribution in [1.82, 2.24) is 25.2 Å². The first kappa shape index (κ1) is 9.84. The van der Waals surface area contributed by atoms with E-state index in [-0.39, 0.29) is 0 Å². The van der Waals surface area contributed by atoms with Crippen LogP contribution < -0.4 is 5.48 Å². The van der Waals surface area contributed by atoms with Gasteiger partial charge in [-0.25, -0.2) is 20.3 Å². The third-order valence-corrected chi connectivity index (χ3v) is 3.38. The predicted molar refractivity (Wildman–Crippen MR) is 62.6 cm³/mol. The van der Waals surface area contributed by atoms with Crippen LogP contribution >= 0.6 is 0 Å². The highest BCUT2D eigenvalue weighted by Gasteiger charge is 2.50. The molecule has 1 spiro atoms. The van der Waals surface area contributed by atoms with Gasteiger partial charge >= 0.3 is 0 Å². The van der Waals surface area contributed by atoms with E-state index in [9.17, 15) is 0 Å². The van der Waals surface area contributed by atoms with E-state index in [0.29, 0.717) is 17.7 Å². The molecule has 1 saturated carbocycles. The number of aromatic nitrogens is 4. The van der Waals surface area contributed by atoms with Crippen molar-refractivity contribution in [3.8, 4) is 0 Å². The molecular formula is C11H12N6O. The Labute approximate surface area is 103 Å². The van der Waals surface area contributed by atoms with E-state index >= 15 is 0 Å². The van der Waals surface area contributed by atoms with E-state index < -0.39 is 5.72 Å². The Kier molecular flexibility index (Phi) is 1.87. The summed E-state index contributed by atoms with van der Waals surface area (Å²) in [6.45, 7) is 0. The smallest absolute Gasteiger partial charge is 0.191 e. The molecule has 2 aromatic heterocycles. The molecule has 7 heteroatoms. The van der Waals surface area contributed by atoms with Crippen molar-refractivity contribution in [1.29, 1.82) is 0 Å². The van der Waals surface area contributed by atoms with Crippen LogP contribution in [0.5, 0.6) is 0 Å². The summed E-state index contributed by atoms with van der Waals surface area (Å²) in [7, 11) is 0. The molecule has 0 saturated heterocycles. The van der Waals surface area contributed by atoms with Gasteiger partial charge in [0, 0.05) is 37.6 Å². The second-order valence-corrected chi connectivity index (χ2v) is 4.60. The Morgan fingerprint density at radius 3 is 3.06 bits per heavy atom. The van der Waals surface area contributed by atoms with Crippen LogP contribution in [-0.4, -0.2) is 31.3 Å². The molecule has 3 heterocycles. The first-order valence-corrected chi connectivity index (χ1v) is 5.87. The lowest BCUT2D eigenvalue weighted by Gasteiger charge is -2.40. The molecule has 0 radical (unpaired) electrons. The Bertz CT molecular complexity index is 567. The summed E-state index contributed by atoms with van der Waals surface area (Å²) in [6, 6.07) is 2.29. The van der Waals surface area contributed by atoms with E-state index in [1.165, 1.54) is 0 Å². The van der Waals surface area contributed by atoms with Crippen molar-refractivity contribution in [2.45, 2.75) is 24.6 Å². The lowest BCUT2D eigenvalue weighted by atomic mass is 9.83. The number of amidine groups is 1. The topological polar surface area (TPSA) is 80.1 Å². The SMILES string of the molecule is c1cnn(C2CC3(C2)N=C(c2ncc[nH]2)NO3)c1. The highest BCUT2D eigenvalue weighted by Crippen LogP contribution is 2.46. The minimum absolute atomic E-state index is 0.363. The first-order valence-electron chi connectivity index (χ1n) is 5.87. The van der Waals surface area contributed by atoms with Crippen LogP contribution in [0.3, 0.4) is 0 Å². The predicted octanol–water partition coefficient (Wildman–Crippen LogP) is 0.619. The van der Waals surface area contributed by atoms with Gasteiger partial charge in [0.15, 0.2) is 17.4 Å². The van der Waals surface area contributed by atoms with Gasteiger partial charge in [0.2, 0.25) is 0 Å². The zero-order valence-corrected chi connectivity index (χ0v) is 9.58. The molecule has 4 rings (SSSR count). The fraction of sp³-hybridized carbons (Fsp3) is 0.364. The molecular weight excluding hydrogens is 232 g/mol. The lowest BCUT2D eigenvalue weighted by molar-refractivity contribution is -0.129. The fourth-order valence-corrected chi connectivity index (χ4v) is 2.42. The van der Waals surface area contributed by atoms with Gasteiger partial charge in [-0.1, -0.05) is 0 Å². The molecule has 0 amide bonds. The maximum atomic E-state index is 5.59. The second-order valence-electron chi connectivity index (χ2n) is 4.60. The highest BCUT2D eigenvalue weighted by molar-refractivity contribution is 5.95. The van der Waals surface area contributed by atoms with Crippen molar-refractivity contribution < 1.29 is 4.84 Å². The summed E-state index contributed by atoms with van der Waals surface area (Å²) in [4.78, 5) is 17.3. The van der Waals surface area contributed by atoms with E-state index in [0.717, 1.165) is 12.8 Å². The monoisotopic (exact) mass is 244 g/mol. The number of aliphatic imine (C=N–C) groups is 1. The van der Waals surface area contributed by atoms with Crippen LogP contribution in [0.2, 0.25) is 0 Å². The summed E-state index contributed by atoms with van der Waals surface area (Å²) in [6.07, 6.45) is 8.86. The van der Waals surface area contributed by atoms with Crippen LogP contribution in [0, 0.1) is 0 Å². The van der Waals surface area contributed by atoms with Crippen LogP contribution in [-0.2, 0) is 4.84 Å². The third kappa shape index (κ3) is 1.37. The molecule has 0 unspecified atom stereocenters. The van der Waals surface area contributed by atoms with Crippen LogP contribution in [0.25, 0.3) is 0 Å². The maximum Gasteiger partial charge on any atom is 0.191 e. The van der Waals surface area contributed by atoms with E-state index in [2.05, 4.69) is 25.5 Å². The number of aromatic amines is 1. The molecule has 0 aromatic carbocycles. The van der Waals surface area contributed by atoms with E-state index in [4.69, 9.17) is 4.84 Å². The zero-order valence-electron chi connectivity index (χ0n) is 9.58. The molecule has 0 bridgehead atoms. The van der Waals surface area contributed by atoms with Crippen LogP contribution in [0.1, 0.15) is 24.7 Å². The largest absolute Gasteiger partial charge is 0.342 e. The number of H-pyrrole nitrogens is 1. The summed E-state index contributed by atoms with van der Waals surface area (Å²) in [5, 5.41) is 4.24. The summed E-state index contributed by atoms with van der Waals surface area (Å²) in [5.41, 5.74) is 2.40. The van der Waals surface area contributed by atoms with E-state index in [1.807, 2.05) is 16.9 Å². The molecule has 18 heavy (non-hydrogen) atoms. The van der Waals surface area contributed by atoms with Gasteiger partial charge in [-0.2, -0.15) is 5.10 Å². The van der Waals surface area contributed by atoms with Gasteiger partial charge in [-0.05, 0) is 6.07 Å². The van der Waals surface area contributed by atoms with E-state index in [1.54, 1.807) is 18.6 Å². The van der Waals surface area contributed by atoms with Crippen molar-refractivity contribution >= 4 is 5.84 Å². The number of hydroxylamine groups is 1. The van der Waals surface area contributed by atoms with Crippen molar-refractivity contribution in [2.24, 2.45) is 4.99 Å². The maximum absolute atomic E-state index is 5.59. The quantitative estimate of drug-likeness (QED) is 0.811. The summed E-state index contributed by atoms with van der Waals surface area (Å²) >= 11 is 0. The van der Waals surface area contributed by atoms with Crippen molar-refractivity contribution in [3.63, 3.8) is 0 Å². The molecule has 2 aliphatic rings. The number of hydrogen-bond donors (Lipinski definition) is 2. The molecule has 2 N–H and O–H groups in total. The highest BCUT2D eigenvalue weighted by atomic mass is 16.7. The van der Waals surface area contributed by atoms with Crippen LogP contribution in [0.15, 0.2) is 35.8 Å². The summed E-state index contributed by atoms with van der Waals surface area (Å²) < 4.78 is 1.95. The van der Waals surface area contributed by atoms with Crippen molar-refractivity contribution in [2.75, 3.05) is 0 Å². The molecule has 2 aromatic rings. The first-order chi connectivity index (χ1) is 8.85. The molecule has 1 aliphatic carbocycles. The Morgan fingerprint density at radius 1 is 1.39 bits per heavy atom. The average molecular weight is 244 g/mol. The molecule has 7 nitrogen and oxygen atoms in total. The number of nitrogens with zero attached hydrogens (tertiary/aromatic N) is 4. The Hall–Kier alpha value is -2.15. The zero-order chi connectivity index (χ0) is 12.0. The fourth-order valence-electron chi connectivity index (χ4n) is 2.42. The Morgan fingerprint density at radius 2 is 2.33 bits per heavy atom. The second kappa shape index (κ2) is 3.42. The number of hydrogen-bond acceptors (Lipinski definition) is 5. The standard InChI is InChI=1S/C11H12N6O/c1-2-14-17(5-1)8-6-11(7-8)15-10(16-18-11)9-12-3-4-13-9/h1-5,8H,6-7H2,(H,12,13)(H,15,16). The number of imidazole rings is 1. The molecule has 92 valence electrons. The number of rotatable bonds is 2. The van der Waals surface area contributed by atoms with Gasteiger partial charge in [-0.3, -0.25) is 4.68 Å². The van der Waals surface area contributed by atoms with Gasteiger partial charge < -0.3 is 4.98 Å². The summed E-state index contributed by atoms with van der Waals surface area (Å²) in [5.74, 6) is 1.37. The molecule has 0 atom stereocenters. The van der Waals surface area contributed by atoms with Gasteiger partial charge in [0.25, 0.3) is 0 Å². The van der Waals surface area contributed by atoms with Gasteiger partial charge in [0.1, 0.15) is 0 Å². The number of nitrogens with one attached hydrogen (secondary N) is 2.